The van der Waals surface area contributed by atoms with Crippen molar-refractivity contribution in [3.8, 4) is 5.75 Å². The lowest BCUT2D eigenvalue weighted by Crippen LogP contribution is -2.31. The van der Waals surface area contributed by atoms with E-state index in [0.717, 1.165) is 31.1 Å². The highest BCUT2D eigenvalue weighted by atomic mass is 35.5. The van der Waals surface area contributed by atoms with E-state index >= 15 is 0 Å². The van der Waals surface area contributed by atoms with E-state index < -0.39 is 0 Å². The molecule has 3 rings (SSSR count). The highest BCUT2D eigenvalue weighted by Gasteiger charge is 2.39. The molecule has 6 heteroatoms. The van der Waals surface area contributed by atoms with Gasteiger partial charge in [-0.1, -0.05) is 0 Å². The number of hydrogen-bond acceptors (Lipinski definition) is 4. The lowest BCUT2D eigenvalue weighted by Gasteiger charge is -2.17. The van der Waals surface area contributed by atoms with Crippen LogP contribution in [0.3, 0.4) is 0 Å². The molecule has 2 fully saturated rings. The van der Waals surface area contributed by atoms with Gasteiger partial charge in [0.15, 0.2) is 0 Å². The maximum absolute atomic E-state index is 12.4. The molecule has 2 aliphatic heterocycles. The lowest BCUT2D eigenvalue weighted by molar-refractivity contribution is 0.0783. The monoisotopic (exact) mass is 288 g/mol. The molecule has 1 N–H and O–H groups in total. The van der Waals surface area contributed by atoms with E-state index in [0.29, 0.717) is 17.6 Å². The molecule has 4 nitrogen and oxygen atoms in total. The third-order valence-electron chi connectivity index (χ3n) is 3.72. The zero-order chi connectivity index (χ0) is 11.8. The van der Waals surface area contributed by atoms with Crippen molar-refractivity contribution in [2.45, 2.75) is 0 Å². The molecule has 2 saturated heterocycles. The first-order chi connectivity index (χ1) is 8.29. The number of fused-ring (bicyclic) bond motifs is 1. The number of halogens is 1. The van der Waals surface area contributed by atoms with Crippen molar-refractivity contribution >= 4 is 29.7 Å². The van der Waals surface area contributed by atoms with Crippen LogP contribution >= 0.6 is 23.7 Å². The number of nitrogens with zero attached hydrogens (tertiary/aromatic N) is 1. The Kier molecular flexibility index (Phi) is 4.14. The molecule has 18 heavy (non-hydrogen) atoms. The summed E-state index contributed by atoms with van der Waals surface area (Å²) in [4.78, 5) is 15.1. The van der Waals surface area contributed by atoms with Gasteiger partial charge < -0.3 is 15.0 Å². The first kappa shape index (κ1) is 13.6. The summed E-state index contributed by atoms with van der Waals surface area (Å²) in [5.74, 6) is 2.12. The van der Waals surface area contributed by atoms with Gasteiger partial charge in [-0.15, -0.1) is 23.7 Å². The molecular weight excluding hydrogens is 272 g/mol. The molecule has 0 unspecified atom stereocenters. The summed E-state index contributed by atoms with van der Waals surface area (Å²) in [6.07, 6.45) is 0. The minimum absolute atomic E-state index is 0. The van der Waals surface area contributed by atoms with Gasteiger partial charge in [0.05, 0.1) is 7.11 Å². The van der Waals surface area contributed by atoms with Crippen molar-refractivity contribution in [1.82, 2.24) is 10.2 Å². The molecule has 2 aliphatic rings. The topological polar surface area (TPSA) is 41.6 Å². The predicted octanol–water partition coefficient (Wildman–Crippen LogP) is 1.47. The average Bonchev–Trinajstić information content (AvgIpc) is 3.02. The van der Waals surface area contributed by atoms with Gasteiger partial charge in [0.1, 0.15) is 10.6 Å². The second-order valence-electron chi connectivity index (χ2n) is 4.71. The van der Waals surface area contributed by atoms with Crippen molar-refractivity contribution in [1.29, 1.82) is 0 Å². The zero-order valence-electron chi connectivity index (χ0n) is 10.2. The first-order valence-electron chi connectivity index (χ1n) is 5.91. The second-order valence-corrected chi connectivity index (χ2v) is 5.62. The number of hydrogen-bond donors (Lipinski definition) is 1. The van der Waals surface area contributed by atoms with Gasteiger partial charge >= 0.3 is 0 Å². The summed E-state index contributed by atoms with van der Waals surface area (Å²) >= 11 is 1.47. The highest BCUT2D eigenvalue weighted by molar-refractivity contribution is 7.12. The Bertz CT molecular complexity index is 425. The molecule has 2 atom stereocenters. The number of thiophene rings is 1. The molecule has 0 saturated carbocycles. The lowest BCUT2D eigenvalue weighted by atomic mass is 10.0. The normalized spacial score (nSPS) is 25.7. The second kappa shape index (κ2) is 5.47. The van der Waals surface area contributed by atoms with Crippen molar-refractivity contribution < 1.29 is 9.53 Å². The van der Waals surface area contributed by atoms with Crippen LogP contribution in [0.1, 0.15) is 9.67 Å². The van der Waals surface area contributed by atoms with Crippen molar-refractivity contribution in [2.24, 2.45) is 11.8 Å². The SMILES string of the molecule is COc1ccsc1C(=O)N1C[C@H]2CNC[C@H]2C1.Cl. The summed E-state index contributed by atoms with van der Waals surface area (Å²) in [7, 11) is 1.61. The predicted molar refractivity (Wildman–Crippen MR) is 73.9 cm³/mol. The van der Waals surface area contributed by atoms with Gasteiger partial charge in [0.25, 0.3) is 5.91 Å². The molecule has 0 spiro atoms. The molecule has 3 heterocycles. The number of rotatable bonds is 2. The fourth-order valence-corrected chi connectivity index (χ4v) is 3.60. The molecule has 0 bridgehead atoms. The average molecular weight is 289 g/mol. The van der Waals surface area contributed by atoms with Crippen molar-refractivity contribution in [3.63, 3.8) is 0 Å². The standard InChI is InChI=1S/C12H16N2O2S.ClH/c1-16-10-2-3-17-11(10)12(15)14-6-8-4-13-5-9(8)7-14;/h2-3,8-9,13H,4-7H2,1H3;1H/t8-,9+;. The minimum Gasteiger partial charge on any atom is -0.495 e. The maximum Gasteiger partial charge on any atom is 0.267 e. The van der Waals surface area contributed by atoms with E-state index in [9.17, 15) is 4.79 Å². The van der Waals surface area contributed by atoms with Crippen LogP contribution < -0.4 is 10.1 Å². The number of amides is 1. The fourth-order valence-electron chi connectivity index (χ4n) is 2.78. The van der Waals surface area contributed by atoms with Crippen LogP contribution in [0.25, 0.3) is 0 Å². The molecule has 1 aromatic heterocycles. The summed E-state index contributed by atoms with van der Waals surface area (Å²) in [5.41, 5.74) is 0. The van der Waals surface area contributed by atoms with Crippen LogP contribution in [0.5, 0.6) is 5.75 Å². The largest absolute Gasteiger partial charge is 0.495 e. The Balaban J connectivity index is 0.00000120. The Hall–Kier alpha value is -0.780. The number of likely N-dealkylation sites (tertiary alicyclic amines) is 1. The van der Waals surface area contributed by atoms with Crippen LogP contribution in [0.15, 0.2) is 11.4 Å². The summed E-state index contributed by atoms with van der Waals surface area (Å²) in [5, 5.41) is 5.29. The Morgan fingerprint density at radius 3 is 2.72 bits per heavy atom. The van der Waals surface area contributed by atoms with Crippen molar-refractivity contribution in [3.05, 3.63) is 16.3 Å². The minimum atomic E-state index is 0. The van der Waals surface area contributed by atoms with Gasteiger partial charge in [-0.2, -0.15) is 0 Å². The summed E-state index contributed by atoms with van der Waals surface area (Å²) < 4.78 is 5.21. The third-order valence-corrected chi connectivity index (χ3v) is 4.60. The Labute approximate surface area is 117 Å². The Morgan fingerprint density at radius 1 is 1.44 bits per heavy atom. The van der Waals surface area contributed by atoms with Gasteiger partial charge in [0, 0.05) is 26.2 Å². The van der Waals surface area contributed by atoms with Gasteiger partial charge in [-0.25, -0.2) is 0 Å². The van der Waals surface area contributed by atoms with Gasteiger partial charge in [-0.3, -0.25) is 4.79 Å². The number of carbonyl (C=O) groups excluding carboxylic acids is 1. The number of ether oxygens (including phenoxy) is 1. The quantitative estimate of drug-likeness (QED) is 0.896. The van der Waals surface area contributed by atoms with Crippen LogP contribution in [-0.4, -0.2) is 44.1 Å². The van der Waals surface area contributed by atoms with E-state index in [2.05, 4.69) is 5.32 Å². The number of methoxy groups -OCH3 is 1. The van der Waals surface area contributed by atoms with E-state index in [1.165, 1.54) is 11.3 Å². The molecule has 1 aromatic rings. The van der Waals surface area contributed by atoms with E-state index in [1.807, 2.05) is 16.3 Å². The molecular formula is C12H17ClN2O2S. The summed E-state index contributed by atoms with van der Waals surface area (Å²) in [6, 6.07) is 1.86. The van der Waals surface area contributed by atoms with Crippen LogP contribution in [-0.2, 0) is 0 Å². The number of nitrogens with one attached hydrogen (secondary N) is 1. The van der Waals surface area contributed by atoms with Gasteiger partial charge in [0.2, 0.25) is 0 Å². The molecule has 100 valence electrons. The van der Waals surface area contributed by atoms with Crippen molar-refractivity contribution in [2.75, 3.05) is 33.3 Å². The molecule has 0 aromatic carbocycles. The fraction of sp³-hybridized carbons (Fsp3) is 0.583. The van der Waals surface area contributed by atoms with Crippen LogP contribution in [0.2, 0.25) is 0 Å². The Morgan fingerprint density at radius 2 is 2.11 bits per heavy atom. The van der Waals surface area contributed by atoms with Crippen LogP contribution in [0, 0.1) is 11.8 Å². The van der Waals surface area contributed by atoms with Crippen LogP contribution in [0.4, 0.5) is 0 Å². The third kappa shape index (κ3) is 2.22. The molecule has 0 radical (unpaired) electrons. The van der Waals surface area contributed by atoms with E-state index in [-0.39, 0.29) is 18.3 Å². The molecule has 0 aliphatic carbocycles. The zero-order valence-corrected chi connectivity index (χ0v) is 11.9. The van der Waals surface area contributed by atoms with E-state index in [4.69, 9.17) is 4.74 Å². The first-order valence-corrected chi connectivity index (χ1v) is 6.79. The van der Waals surface area contributed by atoms with Gasteiger partial charge in [-0.05, 0) is 23.3 Å². The molecule has 1 amide bonds. The smallest absolute Gasteiger partial charge is 0.267 e. The highest BCUT2D eigenvalue weighted by Crippen LogP contribution is 2.31. The number of carbonyl (C=O) groups is 1. The van der Waals surface area contributed by atoms with E-state index in [1.54, 1.807) is 7.11 Å². The summed E-state index contributed by atoms with van der Waals surface area (Å²) in [6.45, 7) is 3.88. The maximum atomic E-state index is 12.4.